The summed E-state index contributed by atoms with van der Waals surface area (Å²) >= 11 is 0. The second kappa shape index (κ2) is 6.23. The maximum atomic E-state index is 11.9. The molecule has 100 valence electrons. The minimum Gasteiger partial charge on any atom is -0.508 e. The number of phenols is 2. The van der Waals surface area contributed by atoms with Gasteiger partial charge in [0.2, 0.25) is 0 Å². The summed E-state index contributed by atoms with van der Waals surface area (Å²) in [6.07, 6.45) is -0.783. The van der Waals surface area contributed by atoms with Gasteiger partial charge in [0, 0.05) is 32.3 Å². The molecule has 6 nitrogen and oxygen atoms in total. The van der Waals surface area contributed by atoms with Crippen LogP contribution in [0.2, 0.25) is 0 Å². The Bertz CT molecular complexity index is 401. The highest BCUT2D eigenvalue weighted by Gasteiger charge is 2.16. The largest absolute Gasteiger partial charge is 0.508 e. The molecule has 1 atom stereocenters. The van der Waals surface area contributed by atoms with E-state index >= 15 is 0 Å². The third-order valence-corrected chi connectivity index (χ3v) is 2.34. The normalized spacial score (nSPS) is 12.2. The lowest BCUT2D eigenvalue weighted by Crippen LogP contribution is -2.36. The summed E-state index contributed by atoms with van der Waals surface area (Å²) in [5.41, 5.74) is 0.152. The highest BCUT2D eigenvalue weighted by molar-refractivity contribution is 5.94. The molecule has 0 radical (unpaired) electrons. The van der Waals surface area contributed by atoms with Gasteiger partial charge in [-0.05, 0) is 12.1 Å². The maximum absolute atomic E-state index is 11.9. The number of carbonyl (C=O) groups is 1. The van der Waals surface area contributed by atoms with Crippen LogP contribution in [-0.4, -0.2) is 59.5 Å². The van der Waals surface area contributed by atoms with Crippen LogP contribution >= 0.6 is 0 Å². The van der Waals surface area contributed by atoms with Crippen molar-refractivity contribution in [3.63, 3.8) is 0 Å². The van der Waals surface area contributed by atoms with E-state index in [-0.39, 0.29) is 30.2 Å². The number of hydrogen-bond acceptors (Lipinski definition) is 5. The van der Waals surface area contributed by atoms with Gasteiger partial charge < -0.3 is 25.0 Å². The molecule has 0 aromatic heterocycles. The zero-order valence-corrected chi connectivity index (χ0v) is 10.3. The highest BCUT2D eigenvalue weighted by Crippen LogP contribution is 2.21. The van der Waals surface area contributed by atoms with Crippen LogP contribution in [0.1, 0.15) is 10.4 Å². The Morgan fingerprint density at radius 2 is 1.89 bits per heavy atom. The summed E-state index contributed by atoms with van der Waals surface area (Å²) in [6.45, 7) is 0.228. The Balaban J connectivity index is 2.74. The molecule has 3 N–H and O–H groups in total. The zero-order valence-electron chi connectivity index (χ0n) is 10.3. The molecule has 1 amide bonds. The van der Waals surface area contributed by atoms with E-state index in [1.54, 1.807) is 0 Å². The number of ether oxygens (including phenoxy) is 1. The minimum absolute atomic E-state index is 0.100. The molecule has 18 heavy (non-hydrogen) atoms. The number of phenolic OH excluding ortho intramolecular Hbond substituents is 2. The lowest BCUT2D eigenvalue weighted by atomic mass is 10.1. The van der Waals surface area contributed by atoms with E-state index in [1.807, 2.05) is 0 Å². The average Bonchev–Trinajstić information content (AvgIpc) is 2.26. The standard InChI is InChI=1S/C12H17NO5/c1-13(6-11(16)7-18-2)12(17)8-3-9(14)5-10(15)4-8/h3-5,11,14-16H,6-7H2,1-2H3. The van der Waals surface area contributed by atoms with Gasteiger partial charge in [-0.2, -0.15) is 0 Å². The van der Waals surface area contributed by atoms with Crippen molar-refractivity contribution in [2.24, 2.45) is 0 Å². The van der Waals surface area contributed by atoms with Gasteiger partial charge in [-0.15, -0.1) is 0 Å². The SMILES string of the molecule is COCC(O)CN(C)C(=O)c1cc(O)cc(O)c1. The number of amides is 1. The van der Waals surface area contributed by atoms with Crippen LogP contribution < -0.4 is 0 Å². The van der Waals surface area contributed by atoms with Crippen LogP contribution in [-0.2, 0) is 4.74 Å². The molecule has 6 heteroatoms. The van der Waals surface area contributed by atoms with Gasteiger partial charge in [0.15, 0.2) is 0 Å². The molecule has 0 spiro atoms. The van der Waals surface area contributed by atoms with Gasteiger partial charge in [0.05, 0.1) is 12.7 Å². The van der Waals surface area contributed by atoms with Gasteiger partial charge in [0.1, 0.15) is 11.5 Å². The number of aromatic hydroxyl groups is 2. The number of carbonyl (C=O) groups excluding carboxylic acids is 1. The number of rotatable bonds is 5. The Morgan fingerprint density at radius 1 is 1.33 bits per heavy atom. The van der Waals surface area contributed by atoms with E-state index in [1.165, 1.54) is 31.2 Å². The van der Waals surface area contributed by atoms with Gasteiger partial charge in [-0.25, -0.2) is 0 Å². The van der Waals surface area contributed by atoms with Crippen molar-refractivity contribution in [3.05, 3.63) is 23.8 Å². The van der Waals surface area contributed by atoms with Crippen molar-refractivity contribution in [1.82, 2.24) is 4.90 Å². The molecular formula is C12H17NO5. The van der Waals surface area contributed by atoms with Gasteiger partial charge >= 0.3 is 0 Å². The van der Waals surface area contributed by atoms with Crippen LogP contribution in [0.15, 0.2) is 18.2 Å². The van der Waals surface area contributed by atoms with E-state index in [0.29, 0.717) is 0 Å². The fourth-order valence-corrected chi connectivity index (χ4v) is 1.58. The molecule has 0 fully saturated rings. The number of likely N-dealkylation sites (N-methyl/N-ethyl adjacent to an activating group) is 1. The van der Waals surface area contributed by atoms with Crippen molar-refractivity contribution >= 4 is 5.91 Å². The first-order chi connectivity index (χ1) is 8.43. The third-order valence-electron chi connectivity index (χ3n) is 2.34. The van der Waals surface area contributed by atoms with Crippen molar-refractivity contribution in [1.29, 1.82) is 0 Å². The average molecular weight is 255 g/mol. The second-order valence-corrected chi connectivity index (χ2v) is 4.03. The minimum atomic E-state index is -0.783. The Labute approximate surface area is 105 Å². The number of aliphatic hydroxyl groups excluding tert-OH is 1. The van der Waals surface area contributed by atoms with Crippen LogP contribution in [0.25, 0.3) is 0 Å². The van der Waals surface area contributed by atoms with Crippen molar-refractivity contribution in [2.75, 3.05) is 27.3 Å². The lowest BCUT2D eigenvalue weighted by Gasteiger charge is -2.20. The topological polar surface area (TPSA) is 90.2 Å². The zero-order chi connectivity index (χ0) is 13.7. The predicted molar refractivity (Wildman–Crippen MR) is 64.6 cm³/mol. The van der Waals surface area contributed by atoms with Crippen LogP contribution in [0.3, 0.4) is 0 Å². The fourth-order valence-electron chi connectivity index (χ4n) is 1.58. The van der Waals surface area contributed by atoms with E-state index in [9.17, 15) is 20.1 Å². The van der Waals surface area contributed by atoms with Crippen LogP contribution in [0, 0.1) is 0 Å². The van der Waals surface area contributed by atoms with Crippen LogP contribution in [0.5, 0.6) is 11.5 Å². The molecule has 0 saturated carbocycles. The molecule has 1 unspecified atom stereocenters. The highest BCUT2D eigenvalue weighted by atomic mass is 16.5. The van der Waals surface area contributed by atoms with Gasteiger partial charge in [0.25, 0.3) is 5.91 Å². The number of benzene rings is 1. The maximum Gasteiger partial charge on any atom is 0.253 e. The molecule has 1 aromatic rings. The van der Waals surface area contributed by atoms with Crippen molar-refractivity contribution in [3.8, 4) is 11.5 Å². The first-order valence-corrected chi connectivity index (χ1v) is 5.39. The van der Waals surface area contributed by atoms with E-state index in [0.717, 1.165) is 6.07 Å². The van der Waals surface area contributed by atoms with E-state index in [4.69, 9.17) is 4.74 Å². The molecular weight excluding hydrogens is 238 g/mol. The van der Waals surface area contributed by atoms with Crippen LogP contribution in [0.4, 0.5) is 0 Å². The molecule has 0 bridgehead atoms. The van der Waals surface area contributed by atoms with Gasteiger partial charge in [-0.3, -0.25) is 4.79 Å². The monoisotopic (exact) mass is 255 g/mol. The quantitative estimate of drug-likeness (QED) is 0.698. The number of methoxy groups -OCH3 is 1. The first-order valence-electron chi connectivity index (χ1n) is 5.39. The third kappa shape index (κ3) is 3.90. The summed E-state index contributed by atoms with van der Waals surface area (Å²) in [7, 11) is 2.97. The molecule has 1 aromatic carbocycles. The summed E-state index contributed by atoms with van der Waals surface area (Å²) in [5, 5.41) is 28.1. The molecule has 0 aliphatic rings. The summed E-state index contributed by atoms with van der Waals surface area (Å²) in [5.74, 6) is -0.787. The number of aliphatic hydroxyl groups is 1. The summed E-state index contributed by atoms with van der Waals surface area (Å²) < 4.78 is 4.76. The number of nitrogens with zero attached hydrogens (tertiary/aromatic N) is 1. The first kappa shape index (κ1) is 14.3. The second-order valence-electron chi connectivity index (χ2n) is 4.03. The van der Waals surface area contributed by atoms with Gasteiger partial charge in [-0.1, -0.05) is 0 Å². The Kier molecular flexibility index (Phi) is 4.94. The molecule has 1 rings (SSSR count). The molecule has 0 saturated heterocycles. The number of hydrogen-bond donors (Lipinski definition) is 3. The van der Waals surface area contributed by atoms with Crippen molar-refractivity contribution < 1.29 is 24.9 Å². The smallest absolute Gasteiger partial charge is 0.253 e. The summed E-state index contributed by atoms with van der Waals surface area (Å²) in [4.78, 5) is 13.2. The van der Waals surface area contributed by atoms with E-state index < -0.39 is 12.0 Å². The van der Waals surface area contributed by atoms with E-state index in [2.05, 4.69) is 0 Å². The summed E-state index contributed by atoms with van der Waals surface area (Å²) in [6, 6.07) is 3.64. The Morgan fingerprint density at radius 3 is 2.39 bits per heavy atom. The predicted octanol–water partition coefficient (Wildman–Crippen LogP) is 0.177. The Hall–Kier alpha value is -1.79. The lowest BCUT2D eigenvalue weighted by molar-refractivity contribution is 0.0380. The molecule has 0 aliphatic heterocycles. The van der Waals surface area contributed by atoms with Crippen molar-refractivity contribution in [2.45, 2.75) is 6.10 Å². The fraction of sp³-hybridized carbons (Fsp3) is 0.417. The molecule has 0 aliphatic carbocycles. The molecule has 0 heterocycles.